The number of rotatable bonds is 5. The third-order valence-electron chi connectivity index (χ3n) is 4.96. The van der Waals surface area contributed by atoms with Gasteiger partial charge in [0, 0.05) is 33.2 Å². The Labute approximate surface area is 189 Å². The Morgan fingerprint density at radius 2 is 1.77 bits per heavy atom. The molecular weight excluding hydrogens is 469 g/mol. The first-order valence-corrected chi connectivity index (χ1v) is 11.7. The Morgan fingerprint density at radius 1 is 1.10 bits per heavy atom. The van der Waals surface area contributed by atoms with Crippen LogP contribution < -0.4 is 0 Å². The van der Waals surface area contributed by atoms with Gasteiger partial charge in [0.2, 0.25) is 10.0 Å². The number of piperazine rings is 1. The molecule has 30 heavy (non-hydrogen) atoms. The number of furan rings is 1. The molecule has 0 N–H and O–H groups in total. The Hall–Kier alpha value is -1.69. The number of halogens is 2. The molecule has 0 aliphatic carbocycles. The molecule has 1 fully saturated rings. The van der Waals surface area contributed by atoms with Crippen LogP contribution in [0.3, 0.4) is 0 Å². The van der Waals surface area contributed by atoms with Gasteiger partial charge >= 0.3 is 0 Å². The molecule has 0 amide bonds. The van der Waals surface area contributed by atoms with Crippen molar-refractivity contribution in [2.75, 3.05) is 26.2 Å². The van der Waals surface area contributed by atoms with E-state index in [2.05, 4.69) is 10.00 Å². The molecule has 1 saturated heterocycles. The number of benzene rings is 1. The predicted octanol–water partition coefficient (Wildman–Crippen LogP) is 3.48. The summed E-state index contributed by atoms with van der Waals surface area (Å²) < 4.78 is 36.9. The molecule has 0 radical (unpaired) electrons. The predicted molar refractivity (Wildman–Crippen MR) is 117 cm³/mol. The second-order valence-corrected chi connectivity index (χ2v) is 9.91. The lowest BCUT2D eigenvalue weighted by atomic mass is 10.4. The summed E-state index contributed by atoms with van der Waals surface area (Å²) in [4.78, 5) is 2.05. The van der Waals surface area contributed by atoms with Crippen LogP contribution in [0, 0.1) is 4.77 Å². The molecule has 0 bridgehead atoms. The zero-order chi connectivity index (χ0) is 21.5. The van der Waals surface area contributed by atoms with Gasteiger partial charge in [0.1, 0.15) is 4.90 Å². The number of sulfonamides is 1. The molecule has 1 aliphatic heterocycles. The van der Waals surface area contributed by atoms with E-state index >= 15 is 0 Å². The monoisotopic (exact) mass is 487 g/mol. The van der Waals surface area contributed by atoms with E-state index in [1.807, 2.05) is 13.1 Å². The molecule has 0 spiro atoms. The van der Waals surface area contributed by atoms with Gasteiger partial charge in [-0.1, -0.05) is 29.3 Å². The van der Waals surface area contributed by atoms with Gasteiger partial charge in [-0.2, -0.15) is 4.31 Å². The zero-order valence-corrected chi connectivity index (χ0v) is 19.2. The summed E-state index contributed by atoms with van der Waals surface area (Å²) in [6.45, 7) is 2.13. The highest BCUT2D eigenvalue weighted by molar-refractivity contribution is 7.89. The molecule has 0 unspecified atom stereocenters. The quantitative estimate of drug-likeness (QED) is 0.512. The third kappa shape index (κ3) is 3.95. The molecule has 3 heterocycles. The third-order valence-corrected chi connectivity index (χ3v) is 8.30. The summed E-state index contributed by atoms with van der Waals surface area (Å²) in [6, 6.07) is 8.29. The molecule has 12 heteroatoms. The van der Waals surface area contributed by atoms with Crippen molar-refractivity contribution in [3.8, 4) is 11.6 Å². The van der Waals surface area contributed by atoms with Gasteiger partial charge in [-0.15, -0.1) is 5.10 Å². The molecule has 0 saturated carbocycles. The maximum absolute atomic E-state index is 13.0. The average Bonchev–Trinajstić information content (AvgIpc) is 3.32. The van der Waals surface area contributed by atoms with Crippen molar-refractivity contribution < 1.29 is 12.8 Å². The molecule has 4 rings (SSSR count). The van der Waals surface area contributed by atoms with Crippen molar-refractivity contribution in [3.05, 3.63) is 51.4 Å². The Balaban J connectivity index is 1.47. The number of hydrogen-bond donors (Lipinski definition) is 0. The summed E-state index contributed by atoms with van der Waals surface area (Å²) >= 11 is 17.7. The van der Waals surface area contributed by atoms with Crippen LogP contribution in [0.2, 0.25) is 10.0 Å². The van der Waals surface area contributed by atoms with E-state index in [0.717, 1.165) is 0 Å². The highest BCUT2D eigenvalue weighted by Gasteiger charge is 2.32. The second kappa shape index (κ2) is 8.45. The van der Waals surface area contributed by atoms with E-state index in [1.54, 1.807) is 27.6 Å². The lowest BCUT2D eigenvalue weighted by molar-refractivity contribution is 0.144. The van der Waals surface area contributed by atoms with E-state index < -0.39 is 10.0 Å². The molecule has 160 valence electrons. The SMILES string of the molecule is Cn1c(-c2ccco2)nn(CN2CCN(S(=O)(=O)c3c(Cl)cccc3Cl)CC2)c1=S. The minimum Gasteiger partial charge on any atom is -0.461 e. The fraction of sp³-hybridized carbons (Fsp3) is 0.333. The van der Waals surface area contributed by atoms with Gasteiger partial charge in [-0.3, -0.25) is 4.90 Å². The second-order valence-electron chi connectivity index (χ2n) is 6.86. The van der Waals surface area contributed by atoms with Crippen LogP contribution in [0.5, 0.6) is 0 Å². The van der Waals surface area contributed by atoms with Gasteiger partial charge in [-0.05, 0) is 36.5 Å². The van der Waals surface area contributed by atoms with Crippen LogP contribution in [0.4, 0.5) is 0 Å². The minimum absolute atomic E-state index is 0.0446. The van der Waals surface area contributed by atoms with E-state index in [-0.39, 0.29) is 14.9 Å². The van der Waals surface area contributed by atoms with Gasteiger partial charge in [0.05, 0.1) is 23.0 Å². The fourth-order valence-electron chi connectivity index (χ4n) is 3.36. The first-order valence-electron chi connectivity index (χ1n) is 9.13. The van der Waals surface area contributed by atoms with Crippen molar-refractivity contribution in [3.63, 3.8) is 0 Å². The zero-order valence-electron chi connectivity index (χ0n) is 16.0. The van der Waals surface area contributed by atoms with Gasteiger partial charge in [0.25, 0.3) is 0 Å². The summed E-state index contributed by atoms with van der Waals surface area (Å²) in [7, 11) is -1.94. The van der Waals surface area contributed by atoms with E-state index in [9.17, 15) is 8.42 Å². The standard InChI is InChI=1S/C18H19Cl2N5O3S2/c1-22-17(15-6-3-11-28-15)21-25(18(22)29)12-23-7-9-24(10-8-23)30(26,27)16-13(19)4-2-5-14(16)20/h2-6,11H,7-10,12H2,1H3. The molecule has 8 nitrogen and oxygen atoms in total. The topological polar surface area (TPSA) is 76.5 Å². The Kier molecular flexibility index (Phi) is 6.06. The molecule has 0 atom stereocenters. The molecular formula is C18H19Cl2N5O3S2. The molecule has 1 aliphatic rings. The van der Waals surface area contributed by atoms with Crippen LogP contribution in [-0.2, 0) is 23.7 Å². The smallest absolute Gasteiger partial charge is 0.246 e. The fourth-order valence-corrected chi connectivity index (χ4v) is 6.06. The molecule has 3 aromatic rings. The maximum Gasteiger partial charge on any atom is 0.246 e. The average molecular weight is 488 g/mol. The van der Waals surface area contributed by atoms with Crippen molar-refractivity contribution in [2.45, 2.75) is 11.6 Å². The number of nitrogens with zero attached hydrogens (tertiary/aromatic N) is 5. The van der Waals surface area contributed by atoms with Crippen LogP contribution in [-0.4, -0.2) is 58.1 Å². The lowest BCUT2D eigenvalue weighted by Crippen LogP contribution is -2.49. The Morgan fingerprint density at radius 3 is 2.37 bits per heavy atom. The minimum atomic E-state index is -3.78. The van der Waals surface area contributed by atoms with E-state index in [4.69, 9.17) is 39.8 Å². The summed E-state index contributed by atoms with van der Waals surface area (Å²) in [5, 5.41) is 4.80. The first-order chi connectivity index (χ1) is 14.3. The lowest BCUT2D eigenvalue weighted by Gasteiger charge is -2.33. The Bertz CT molecular complexity index is 1190. The van der Waals surface area contributed by atoms with Gasteiger partial charge in [-0.25, -0.2) is 13.1 Å². The summed E-state index contributed by atoms with van der Waals surface area (Å²) in [6.07, 6.45) is 1.59. The van der Waals surface area contributed by atoms with E-state index in [0.29, 0.717) is 49.2 Å². The summed E-state index contributed by atoms with van der Waals surface area (Å²) in [5.74, 6) is 1.27. The molecule has 2 aromatic heterocycles. The van der Waals surface area contributed by atoms with Crippen LogP contribution in [0.1, 0.15) is 0 Å². The van der Waals surface area contributed by atoms with Crippen molar-refractivity contribution in [1.29, 1.82) is 0 Å². The van der Waals surface area contributed by atoms with Crippen molar-refractivity contribution in [2.24, 2.45) is 7.05 Å². The van der Waals surface area contributed by atoms with Crippen molar-refractivity contribution in [1.82, 2.24) is 23.6 Å². The van der Waals surface area contributed by atoms with Gasteiger partial charge in [0.15, 0.2) is 16.4 Å². The maximum atomic E-state index is 13.0. The highest BCUT2D eigenvalue weighted by Crippen LogP contribution is 2.32. The van der Waals surface area contributed by atoms with Crippen LogP contribution >= 0.6 is 35.4 Å². The van der Waals surface area contributed by atoms with Gasteiger partial charge < -0.3 is 8.98 Å². The number of aromatic nitrogens is 3. The highest BCUT2D eigenvalue weighted by atomic mass is 35.5. The van der Waals surface area contributed by atoms with E-state index in [1.165, 1.54) is 16.4 Å². The van der Waals surface area contributed by atoms with Crippen molar-refractivity contribution >= 4 is 45.4 Å². The summed E-state index contributed by atoms with van der Waals surface area (Å²) in [5.41, 5.74) is 0. The largest absolute Gasteiger partial charge is 0.461 e. The normalized spacial score (nSPS) is 16.2. The first kappa shape index (κ1) is 21.5. The van der Waals surface area contributed by atoms with Crippen LogP contribution in [0.15, 0.2) is 45.9 Å². The van der Waals surface area contributed by atoms with Crippen LogP contribution in [0.25, 0.3) is 11.6 Å². The molecule has 1 aromatic carbocycles. The number of hydrogen-bond acceptors (Lipinski definition) is 6.